The molecule has 4 aliphatic carbocycles. The minimum atomic E-state index is -4.70. The summed E-state index contributed by atoms with van der Waals surface area (Å²) in [6, 6.07) is 4.14. The van der Waals surface area contributed by atoms with Crippen molar-refractivity contribution in [3.63, 3.8) is 0 Å². The van der Waals surface area contributed by atoms with E-state index >= 15 is 0 Å². The maximum atomic E-state index is 14.1. The summed E-state index contributed by atoms with van der Waals surface area (Å²) in [7, 11) is 0. The predicted octanol–water partition coefficient (Wildman–Crippen LogP) is 5.54. The van der Waals surface area contributed by atoms with Crippen LogP contribution >= 0.6 is 0 Å². The number of aliphatic carboxylic acids is 1. The Morgan fingerprint density at radius 3 is 2.62 bits per heavy atom. The minimum Gasteiger partial charge on any atom is -0.481 e. The van der Waals surface area contributed by atoms with Gasteiger partial charge in [0.05, 0.1) is 34.3 Å². The van der Waals surface area contributed by atoms with Gasteiger partial charge in [-0.25, -0.2) is 9.67 Å². The fourth-order valence-corrected chi connectivity index (χ4v) is 6.46. The number of hydrogen-bond acceptors (Lipinski definition) is 8. The molecule has 42 heavy (non-hydrogen) atoms. The van der Waals surface area contributed by atoms with E-state index in [0.717, 1.165) is 6.20 Å². The van der Waals surface area contributed by atoms with E-state index in [9.17, 15) is 31.9 Å². The van der Waals surface area contributed by atoms with Crippen LogP contribution < -0.4 is 14.2 Å². The molecule has 1 N–H and O–H groups in total. The van der Waals surface area contributed by atoms with Gasteiger partial charge in [0, 0.05) is 23.9 Å². The van der Waals surface area contributed by atoms with Crippen LogP contribution in [0.2, 0.25) is 0 Å². The Kier molecular flexibility index (Phi) is 5.60. The maximum Gasteiger partial charge on any atom is 0.586 e. The Bertz CT molecular complexity index is 1590. The van der Waals surface area contributed by atoms with Crippen molar-refractivity contribution in [3.8, 4) is 23.1 Å². The van der Waals surface area contributed by atoms with E-state index in [1.54, 1.807) is 6.92 Å². The van der Waals surface area contributed by atoms with Gasteiger partial charge >= 0.3 is 18.4 Å². The first-order chi connectivity index (χ1) is 19.8. The highest BCUT2D eigenvalue weighted by molar-refractivity contribution is 5.79. The van der Waals surface area contributed by atoms with Crippen molar-refractivity contribution in [2.75, 3.05) is 0 Å². The Hall–Kier alpha value is -4.01. The number of nitrogens with zero attached hydrogens (tertiary/aromatic N) is 4. The fraction of sp³-hybridized carbons (Fsp3) is 0.481. The zero-order valence-electron chi connectivity index (χ0n) is 22.0. The van der Waals surface area contributed by atoms with Crippen LogP contribution in [0.4, 0.5) is 22.0 Å². The average Bonchev–Trinajstić information content (AvgIpc) is 3.41. The molecule has 0 spiro atoms. The van der Waals surface area contributed by atoms with Crippen molar-refractivity contribution < 1.29 is 50.8 Å². The van der Waals surface area contributed by atoms with Crippen LogP contribution in [-0.2, 0) is 22.1 Å². The smallest absolute Gasteiger partial charge is 0.481 e. The summed E-state index contributed by atoms with van der Waals surface area (Å²) in [4.78, 5) is 19.8. The molecular weight excluding hydrogens is 571 g/mol. The summed E-state index contributed by atoms with van der Waals surface area (Å²) in [5.41, 5.74) is -1.67. The van der Waals surface area contributed by atoms with Crippen molar-refractivity contribution in [2.45, 2.75) is 75.7 Å². The molecule has 0 radical (unpaired) electrons. The maximum absolute atomic E-state index is 14.1. The molecule has 3 saturated carbocycles. The molecule has 2 bridgehead atoms. The molecule has 222 valence electrons. The van der Waals surface area contributed by atoms with Crippen LogP contribution in [0, 0.1) is 5.41 Å². The quantitative estimate of drug-likeness (QED) is 0.352. The molecule has 8 rings (SSSR count). The van der Waals surface area contributed by atoms with Gasteiger partial charge in [0.1, 0.15) is 12.2 Å². The predicted molar refractivity (Wildman–Crippen MR) is 129 cm³/mol. The van der Waals surface area contributed by atoms with E-state index in [1.165, 1.54) is 29.1 Å². The van der Waals surface area contributed by atoms with E-state index in [0.29, 0.717) is 32.1 Å². The number of rotatable bonds is 7. The number of pyridine rings is 2. The van der Waals surface area contributed by atoms with E-state index in [2.05, 4.69) is 24.5 Å². The van der Waals surface area contributed by atoms with Gasteiger partial charge in [-0.3, -0.25) is 9.78 Å². The number of aromatic nitrogens is 4. The number of carboxylic acids is 1. The van der Waals surface area contributed by atoms with E-state index in [1.807, 2.05) is 0 Å². The second-order valence-electron chi connectivity index (χ2n) is 11.3. The summed E-state index contributed by atoms with van der Waals surface area (Å²) >= 11 is 0. The summed E-state index contributed by atoms with van der Waals surface area (Å²) in [5, 5.41) is 13.4. The van der Waals surface area contributed by atoms with E-state index in [-0.39, 0.29) is 46.4 Å². The third kappa shape index (κ3) is 4.24. The zero-order valence-corrected chi connectivity index (χ0v) is 22.0. The second kappa shape index (κ2) is 8.75. The standard InChI is InChI=1S/C27H23F5N4O6/c1-13(16-8-18-19(9-34-16)42-27(31,32)41-18)39-20-7-14(5-6-33-20)36-21-15(22(35-36)26(28,29)30)3-2-4-17(21)40-25-10-24(11-25,12-25)23(37)38/h5-9,13,17H,2-4,10-12H2,1H3,(H,37,38)/t13-,17?,24?,25?/m0/s1. The molecule has 3 fully saturated rings. The van der Waals surface area contributed by atoms with Crippen LogP contribution in [0.15, 0.2) is 30.6 Å². The van der Waals surface area contributed by atoms with Crippen molar-refractivity contribution in [1.82, 2.24) is 19.7 Å². The lowest BCUT2D eigenvalue weighted by Crippen LogP contribution is -2.71. The highest BCUT2D eigenvalue weighted by Crippen LogP contribution is 2.70. The van der Waals surface area contributed by atoms with Gasteiger partial charge < -0.3 is 24.1 Å². The molecule has 15 heteroatoms. The number of fused-ring (bicyclic) bond motifs is 2. The van der Waals surface area contributed by atoms with Gasteiger partial charge in [-0.15, -0.1) is 8.78 Å². The van der Waals surface area contributed by atoms with Gasteiger partial charge in [-0.2, -0.15) is 18.3 Å². The first kappa shape index (κ1) is 26.9. The molecule has 2 atom stereocenters. The summed E-state index contributed by atoms with van der Waals surface area (Å²) in [6.45, 7) is 1.59. The normalized spacial score (nSPS) is 27.4. The molecule has 10 nitrogen and oxygen atoms in total. The van der Waals surface area contributed by atoms with Gasteiger partial charge in [0.25, 0.3) is 0 Å². The molecule has 0 aromatic carbocycles. The van der Waals surface area contributed by atoms with Gasteiger partial charge in [0.15, 0.2) is 17.2 Å². The van der Waals surface area contributed by atoms with Crippen molar-refractivity contribution in [1.29, 1.82) is 0 Å². The monoisotopic (exact) mass is 594 g/mol. The summed E-state index contributed by atoms with van der Waals surface area (Å²) in [5.74, 6) is -1.30. The van der Waals surface area contributed by atoms with Crippen LogP contribution in [-0.4, -0.2) is 42.7 Å². The topological polar surface area (TPSA) is 118 Å². The van der Waals surface area contributed by atoms with E-state index < -0.39 is 47.4 Å². The Morgan fingerprint density at radius 2 is 1.90 bits per heavy atom. The number of ether oxygens (including phenoxy) is 4. The average molecular weight is 594 g/mol. The molecule has 4 heterocycles. The zero-order chi connectivity index (χ0) is 29.7. The van der Waals surface area contributed by atoms with Crippen LogP contribution in [0.25, 0.3) is 5.69 Å². The van der Waals surface area contributed by atoms with Crippen LogP contribution in [0.3, 0.4) is 0 Å². The van der Waals surface area contributed by atoms with Gasteiger partial charge in [0.2, 0.25) is 5.88 Å². The number of carbonyl (C=O) groups is 1. The lowest BCUT2D eigenvalue weighted by Gasteiger charge is -2.67. The number of alkyl halides is 5. The van der Waals surface area contributed by atoms with Gasteiger partial charge in [-0.1, -0.05) is 0 Å². The Labute approximate surface area is 234 Å². The second-order valence-corrected chi connectivity index (χ2v) is 11.3. The first-order valence-electron chi connectivity index (χ1n) is 13.3. The molecule has 1 aliphatic heterocycles. The lowest BCUT2D eigenvalue weighted by atomic mass is 9.41. The van der Waals surface area contributed by atoms with Crippen molar-refractivity contribution >= 4 is 5.97 Å². The molecule has 1 unspecified atom stereocenters. The largest absolute Gasteiger partial charge is 0.586 e. The molecule has 0 amide bonds. The van der Waals surface area contributed by atoms with Crippen LogP contribution in [0.1, 0.15) is 73.9 Å². The van der Waals surface area contributed by atoms with E-state index in [4.69, 9.17) is 9.47 Å². The Morgan fingerprint density at radius 1 is 1.17 bits per heavy atom. The van der Waals surface area contributed by atoms with Crippen LogP contribution in [0.5, 0.6) is 17.4 Å². The number of hydrogen-bond donors (Lipinski definition) is 1. The molecule has 3 aromatic rings. The SMILES string of the molecule is C[C@H](Oc1cc(-n2nc(C(F)(F)F)c3c2C(OC24CC(C(=O)O)(C2)C4)CCC3)ccn1)c1cc2c(cn1)OC(F)(F)O2. The minimum absolute atomic E-state index is 0.0266. The number of halogens is 5. The summed E-state index contributed by atoms with van der Waals surface area (Å²) < 4.78 is 91.2. The molecular formula is C27H23F5N4O6. The molecule has 5 aliphatic rings. The first-order valence-corrected chi connectivity index (χ1v) is 13.3. The molecule has 3 aromatic heterocycles. The number of carboxylic acid groups (broad SMARTS) is 1. The highest BCUT2D eigenvalue weighted by Gasteiger charge is 2.73. The van der Waals surface area contributed by atoms with Crippen molar-refractivity contribution in [2.24, 2.45) is 5.41 Å². The third-order valence-electron chi connectivity index (χ3n) is 8.30. The van der Waals surface area contributed by atoms with Gasteiger partial charge in [-0.05, 0) is 51.5 Å². The van der Waals surface area contributed by atoms with Crippen molar-refractivity contribution in [3.05, 3.63) is 53.2 Å². The lowest BCUT2D eigenvalue weighted by molar-refractivity contribution is -0.300. The highest BCUT2D eigenvalue weighted by atomic mass is 19.4. The fourth-order valence-electron chi connectivity index (χ4n) is 6.46. The molecule has 0 saturated heterocycles. The summed E-state index contributed by atoms with van der Waals surface area (Å²) in [6.07, 6.45) is -5.53. The Balaban J connectivity index is 1.18. The third-order valence-corrected chi connectivity index (χ3v) is 8.30.